The quantitative estimate of drug-likeness (QED) is 0.707. The average Bonchev–Trinajstić information content (AvgIpc) is 3.06. The predicted octanol–water partition coefficient (Wildman–Crippen LogP) is 2.25. The summed E-state index contributed by atoms with van der Waals surface area (Å²) in [6.45, 7) is 5.20. The minimum absolute atomic E-state index is 0.0627. The van der Waals surface area contributed by atoms with Gasteiger partial charge in [0.15, 0.2) is 11.5 Å². The van der Waals surface area contributed by atoms with E-state index in [0.29, 0.717) is 20.0 Å². The monoisotopic (exact) mass is 349 g/mol. The maximum Gasteiger partial charge on any atom is 0.248 e. The summed E-state index contributed by atoms with van der Waals surface area (Å²) in [6, 6.07) is 6.12. The zero-order chi connectivity index (χ0) is 17.7. The molecule has 2 heterocycles. The van der Waals surface area contributed by atoms with Crippen LogP contribution in [0.4, 0.5) is 0 Å². The number of methoxy groups -OCH3 is 1. The van der Waals surface area contributed by atoms with Crippen LogP contribution >= 0.6 is 0 Å². The third kappa shape index (κ3) is 4.64. The number of carbonyl (C=O) groups is 1. The summed E-state index contributed by atoms with van der Waals surface area (Å²) in [6.07, 6.45) is 3.04. The highest BCUT2D eigenvalue weighted by Gasteiger charge is 2.33. The molecule has 138 valence electrons. The molecule has 0 aliphatic carbocycles. The van der Waals surface area contributed by atoms with Crippen molar-refractivity contribution in [3.05, 3.63) is 23.8 Å². The number of hydrogen-bond acceptors (Lipinski definition) is 5. The number of ether oxygens (including phenoxy) is 4. The van der Waals surface area contributed by atoms with Gasteiger partial charge in [-0.3, -0.25) is 4.79 Å². The summed E-state index contributed by atoms with van der Waals surface area (Å²) in [5, 5.41) is 0. The SMILES string of the molecule is COCCOCC(=O)N1CCC[C@@](C)(Cc2ccc3c(c2)OCO3)C1. The van der Waals surface area contributed by atoms with E-state index in [4.69, 9.17) is 18.9 Å². The summed E-state index contributed by atoms with van der Waals surface area (Å²) in [5.41, 5.74) is 1.28. The summed E-state index contributed by atoms with van der Waals surface area (Å²) >= 11 is 0. The van der Waals surface area contributed by atoms with Gasteiger partial charge in [0.2, 0.25) is 12.7 Å². The van der Waals surface area contributed by atoms with Crippen molar-refractivity contribution in [3.8, 4) is 11.5 Å². The molecular formula is C19H27NO5. The fourth-order valence-electron chi connectivity index (χ4n) is 3.61. The summed E-state index contributed by atoms with van der Waals surface area (Å²) < 4.78 is 21.2. The summed E-state index contributed by atoms with van der Waals surface area (Å²) in [5.74, 6) is 1.69. The Balaban J connectivity index is 1.56. The van der Waals surface area contributed by atoms with Crippen LogP contribution in [0.5, 0.6) is 11.5 Å². The topological polar surface area (TPSA) is 57.2 Å². The molecule has 0 aromatic heterocycles. The standard InChI is InChI=1S/C19H27NO5/c1-19(11-15-4-5-16-17(10-15)25-14-24-16)6-3-7-20(13-19)18(21)12-23-9-8-22-2/h4-5,10H,3,6-9,11-14H2,1-2H3/t19-/m0/s1. The largest absolute Gasteiger partial charge is 0.454 e. The van der Waals surface area contributed by atoms with Gasteiger partial charge in [0.1, 0.15) is 6.61 Å². The fourth-order valence-corrected chi connectivity index (χ4v) is 3.61. The van der Waals surface area contributed by atoms with Gasteiger partial charge in [-0.2, -0.15) is 0 Å². The molecule has 3 rings (SSSR count). The second-order valence-electron chi connectivity index (χ2n) is 7.14. The maximum atomic E-state index is 12.4. The fraction of sp³-hybridized carbons (Fsp3) is 0.632. The summed E-state index contributed by atoms with van der Waals surface area (Å²) in [7, 11) is 1.62. The molecule has 0 bridgehead atoms. The van der Waals surface area contributed by atoms with Gasteiger partial charge in [-0.25, -0.2) is 0 Å². The van der Waals surface area contributed by atoms with E-state index in [-0.39, 0.29) is 17.9 Å². The van der Waals surface area contributed by atoms with Crippen LogP contribution in [0.15, 0.2) is 18.2 Å². The smallest absolute Gasteiger partial charge is 0.248 e. The summed E-state index contributed by atoms with van der Waals surface area (Å²) in [4.78, 5) is 14.3. The Morgan fingerprint density at radius 3 is 2.96 bits per heavy atom. The van der Waals surface area contributed by atoms with Crippen molar-refractivity contribution in [2.75, 3.05) is 46.8 Å². The molecule has 0 saturated carbocycles. The molecule has 1 saturated heterocycles. The molecule has 1 aromatic rings. The van der Waals surface area contributed by atoms with E-state index in [9.17, 15) is 4.79 Å². The lowest BCUT2D eigenvalue weighted by molar-refractivity contribution is -0.139. The molecule has 2 aliphatic heterocycles. The molecule has 25 heavy (non-hydrogen) atoms. The van der Waals surface area contributed by atoms with E-state index >= 15 is 0 Å². The maximum absolute atomic E-state index is 12.4. The van der Waals surface area contributed by atoms with Gasteiger partial charge in [-0.05, 0) is 42.4 Å². The number of likely N-dealkylation sites (tertiary alicyclic amines) is 1. The number of benzene rings is 1. The van der Waals surface area contributed by atoms with Gasteiger partial charge in [-0.1, -0.05) is 13.0 Å². The minimum atomic E-state index is 0.0627. The Morgan fingerprint density at radius 2 is 2.12 bits per heavy atom. The molecule has 6 heteroatoms. The molecule has 6 nitrogen and oxygen atoms in total. The zero-order valence-electron chi connectivity index (χ0n) is 15.1. The number of hydrogen-bond donors (Lipinski definition) is 0. The van der Waals surface area contributed by atoms with Gasteiger partial charge in [-0.15, -0.1) is 0 Å². The lowest BCUT2D eigenvalue weighted by Gasteiger charge is -2.40. The second kappa shape index (κ2) is 8.06. The molecule has 0 N–H and O–H groups in total. The molecular weight excluding hydrogens is 322 g/mol. The Hall–Kier alpha value is -1.79. The molecule has 1 atom stereocenters. The van der Waals surface area contributed by atoms with Crippen molar-refractivity contribution in [3.63, 3.8) is 0 Å². The van der Waals surface area contributed by atoms with Crippen LogP contribution in [-0.4, -0.2) is 57.6 Å². The van der Waals surface area contributed by atoms with Crippen LogP contribution in [0.3, 0.4) is 0 Å². The lowest BCUT2D eigenvalue weighted by atomic mass is 9.77. The number of rotatable bonds is 7. The van der Waals surface area contributed by atoms with Gasteiger partial charge in [0, 0.05) is 20.2 Å². The van der Waals surface area contributed by atoms with Crippen molar-refractivity contribution in [1.82, 2.24) is 4.90 Å². The number of carbonyl (C=O) groups excluding carboxylic acids is 1. The van der Waals surface area contributed by atoms with Crippen LogP contribution in [0.1, 0.15) is 25.3 Å². The lowest BCUT2D eigenvalue weighted by Crippen LogP contribution is -2.47. The molecule has 2 aliphatic rings. The zero-order valence-corrected chi connectivity index (χ0v) is 15.1. The van der Waals surface area contributed by atoms with Gasteiger partial charge < -0.3 is 23.8 Å². The van der Waals surface area contributed by atoms with Crippen LogP contribution in [0.25, 0.3) is 0 Å². The van der Waals surface area contributed by atoms with Crippen LogP contribution in [0, 0.1) is 5.41 Å². The second-order valence-corrected chi connectivity index (χ2v) is 7.14. The van der Waals surface area contributed by atoms with E-state index in [1.165, 1.54) is 5.56 Å². The van der Waals surface area contributed by atoms with Crippen molar-refractivity contribution in [2.24, 2.45) is 5.41 Å². The molecule has 1 amide bonds. The Morgan fingerprint density at radius 1 is 1.28 bits per heavy atom. The van der Waals surface area contributed by atoms with E-state index in [1.54, 1.807) is 7.11 Å². The molecule has 0 spiro atoms. The Bertz CT molecular complexity index is 605. The number of amides is 1. The van der Waals surface area contributed by atoms with Crippen LogP contribution in [-0.2, 0) is 20.7 Å². The minimum Gasteiger partial charge on any atom is -0.454 e. The van der Waals surface area contributed by atoms with E-state index in [1.807, 2.05) is 11.0 Å². The van der Waals surface area contributed by atoms with E-state index in [0.717, 1.165) is 43.9 Å². The van der Waals surface area contributed by atoms with Gasteiger partial charge >= 0.3 is 0 Å². The molecule has 0 radical (unpaired) electrons. The number of fused-ring (bicyclic) bond motifs is 1. The van der Waals surface area contributed by atoms with E-state index in [2.05, 4.69) is 19.1 Å². The highest BCUT2D eigenvalue weighted by molar-refractivity contribution is 5.77. The van der Waals surface area contributed by atoms with Crippen molar-refractivity contribution >= 4 is 5.91 Å². The van der Waals surface area contributed by atoms with Crippen LogP contribution < -0.4 is 9.47 Å². The predicted molar refractivity (Wildman–Crippen MR) is 92.9 cm³/mol. The Labute approximate surface area is 149 Å². The first kappa shape index (κ1) is 18.0. The third-order valence-corrected chi connectivity index (χ3v) is 4.86. The first-order valence-corrected chi connectivity index (χ1v) is 8.83. The van der Waals surface area contributed by atoms with Gasteiger partial charge in [0.05, 0.1) is 13.2 Å². The highest BCUT2D eigenvalue weighted by Crippen LogP contribution is 2.37. The Kier molecular flexibility index (Phi) is 5.81. The van der Waals surface area contributed by atoms with Crippen LogP contribution in [0.2, 0.25) is 0 Å². The first-order valence-electron chi connectivity index (χ1n) is 8.83. The van der Waals surface area contributed by atoms with E-state index < -0.39 is 0 Å². The average molecular weight is 349 g/mol. The molecule has 1 aromatic carbocycles. The molecule has 0 unspecified atom stereocenters. The van der Waals surface area contributed by atoms with Crippen molar-refractivity contribution < 1.29 is 23.7 Å². The first-order chi connectivity index (χ1) is 12.1. The number of nitrogens with zero attached hydrogens (tertiary/aromatic N) is 1. The normalized spacial score (nSPS) is 22.2. The third-order valence-electron chi connectivity index (χ3n) is 4.86. The van der Waals surface area contributed by atoms with Gasteiger partial charge in [0.25, 0.3) is 0 Å². The highest BCUT2D eigenvalue weighted by atomic mass is 16.7. The van der Waals surface area contributed by atoms with Crippen molar-refractivity contribution in [2.45, 2.75) is 26.2 Å². The molecule has 1 fully saturated rings. The number of piperidine rings is 1. The van der Waals surface area contributed by atoms with Crippen molar-refractivity contribution in [1.29, 1.82) is 0 Å².